The van der Waals surface area contributed by atoms with Gasteiger partial charge in [0.2, 0.25) is 0 Å². The summed E-state index contributed by atoms with van der Waals surface area (Å²) in [6.45, 7) is 4.17. The highest BCUT2D eigenvalue weighted by Gasteiger charge is 2.16. The van der Waals surface area contributed by atoms with Crippen LogP contribution in [0.5, 0.6) is 0 Å². The number of carbonyl (C=O) groups excluding carboxylic acids is 1. The molecule has 1 aromatic rings. The van der Waals surface area contributed by atoms with Gasteiger partial charge in [-0.2, -0.15) is 0 Å². The topological polar surface area (TPSA) is 29.1 Å². The summed E-state index contributed by atoms with van der Waals surface area (Å²) in [5.41, 5.74) is 0.651. The van der Waals surface area contributed by atoms with Crippen LogP contribution in [0.2, 0.25) is 0 Å². The van der Waals surface area contributed by atoms with Crippen LogP contribution in [0.3, 0.4) is 0 Å². The first-order valence-electron chi connectivity index (χ1n) is 5.27. The molecule has 0 aliphatic rings. The molecule has 0 radical (unpaired) electrons. The SMILES string of the molecule is CC(C)C(CBr)NC(=O)c1cc(Br)cc(Br)c1. The molecule has 0 fully saturated rings. The fourth-order valence-electron chi connectivity index (χ4n) is 1.32. The Bertz CT molecular complexity index is 386. The average molecular weight is 428 g/mol. The van der Waals surface area contributed by atoms with Gasteiger partial charge in [-0.15, -0.1) is 0 Å². The van der Waals surface area contributed by atoms with Crippen LogP contribution in [0, 0.1) is 5.92 Å². The number of rotatable bonds is 4. The first-order chi connectivity index (χ1) is 7.93. The van der Waals surface area contributed by atoms with Crippen molar-refractivity contribution in [3.05, 3.63) is 32.7 Å². The number of carbonyl (C=O) groups is 1. The molecule has 1 N–H and O–H groups in total. The zero-order valence-electron chi connectivity index (χ0n) is 9.64. The Morgan fingerprint density at radius 3 is 2.18 bits per heavy atom. The molecule has 94 valence electrons. The van der Waals surface area contributed by atoms with Crippen molar-refractivity contribution in [2.45, 2.75) is 19.9 Å². The Labute approximate surface area is 127 Å². The maximum atomic E-state index is 12.0. The summed E-state index contributed by atoms with van der Waals surface area (Å²) in [7, 11) is 0. The summed E-state index contributed by atoms with van der Waals surface area (Å²) >= 11 is 10.2. The molecule has 5 heteroatoms. The highest BCUT2D eigenvalue weighted by atomic mass is 79.9. The third kappa shape index (κ3) is 4.72. The molecule has 1 unspecified atom stereocenters. The average Bonchev–Trinajstić information content (AvgIpc) is 2.23. The van der Waals surface area contributed by atoms with Crippen LogP contribution in [-0.4, -0.2) is 17.3 Å². The summed E-state index contributed by atoms with van der Waals surface area (Å²) in [4.78, 5) is 12.0. The summed E-state index contributed by atoms with van der Waals surface area (Å²) < 4.78 is 1.77. The van der Waals surface area contributed by atoms with Gasteiger partial charge in [0.25, 0.3) is 5.91 Å². The lowest BCUT2D eigenvalue weighted by Crippen LogP contribution is -2.39. The fraction of sp³-hybridized carbons (Fsp3) is 0.417. The van der Waals surface area contributed by atoms with E-state index in [1.165, 1.54) is 0 Å². The summed E-state index contributed by atoms with van der Waals surface area (Å²) in [6.07, 6.45) is 0. The van der Waals surface area contributed by atoms with E-state index in [1.807, 2.05) is 18.2 Å². The molecular formula is C12H14Br3NO. The lowest BCUT2D eigenvalue weighted by Gasteiger charge is -2.20. The van der Waals surface area contributed by atoms with Crippen molar-refractivity contribution in [2.75, 3.05) is 5.33 Å². The van der Waals surface area contributed by atoms with Crippen molar-refractivity contribution < 1.29 is 4.79 Å². The van der Waals surface area contributed by atoms with Gasteiger partial charge in [0.15, 0.2) is 0 Å². The standard InChI is InChI=1S/C12H14Br3NO/c1-7(2)11(6-13)16-12(17)8-3-9(14)5-10(15)4-8/h3-5,7,11H,6H2,1-2H3,(H,16,17). The van der Waals surface area contributed by atoms with E-state index in [2.05, 4.69) is 67.0 Å². The molecule has 1 amide bonds. The summed E-state index contributed by atoms with van der Waals surface area (Å²) in [5, 5.41) is 3.76. The van der Waals surface area contributed by atoms with Crippen LogP contribution in [0.4, 0.5) is 0 Å². The maximum Gasteiger partial charge on any atom is 0.251 e. The largest absolute Gasteiger partial charge is 0.348 e. The van der Waals surface area contributed by atoms with E-state index in [9.17, 15) is 4.79 Å². The van der Waals surface area contributed by atoms with E-state index in [4.69, 9.17) is 0 Å². The minimum Gasteiger partial charge on any atom is -0.348 e. The summed E-state index contributed by atoms with van der Waals surface area (Å²) in [6, 6.07) is 5.67. The van der Waals surface area contributed by atoms with Crippen molar-refractivity contribution in [2.24, 2.45) is 5.92 Å². The zero-order chi connectivity index (χ0) is 13.0. The molecule has 0 saturated carbocycles. The minimum atomic E-state index is -0.0508. The van der Waals surface area contributed by atoms with Gasteiger partial charge in [-0.1, -0.05) is 61.6 Å². The highest BCUT2D eigenvalue weighted by molar-refractivity contribution is 9.11. The van der Waals surface area contributed by atoms with Gasteiger partial charge in [0, 0.05) is 25.9 Å². The van der Waals surface area contributed by atoms with Gasteiger partial charge in [-0.3, -0.25) is 4.79 Å². The van der Waals surface area contributed by atoms with Crippen molar-refractivity contribution in [1.29, 1.82) is 0 Å². The van der Waals surface area contributed by atoms with E-state index in [0.717, 1.165) is 14.3 Å². The zero-order valence-corrected chi connectivity index (χ0v) is 14.4. The van der Waals surface area contributed by atoms with Crippen molar-refractivity contribution in [3.63, 3.8) is 0 Å². The monoisotopic (exact) mass is 425 g/mol. The molecule has 0 saturated heterocycles. The van der Waals surface area contributed by atoms with E-state index in [0.29, 0.717) is 11.5 Å². The van der Waals surface area contributed by atoms with Gasteiger partial charge < -0.3 is 5.32 Å². The first kappa shape index (κ1) is 15.2. The smallest absolute Gasteiger partial charge is 0.251 e. The molecule has 1 rings (SSSR count). The fourth-order valence-corrected chi connectivity index (χ4v) is 3.52. The Balaban J connectivity index is 2.82. The Hall–Kier alpha value is 0.130. The third-order valence-electron chi connectivity index (χ3n) is 2.41. The molecule has 1 atom stereocenters. The molecule has 0 aromatic heterocycles. The quantitative estimate of drug-likeness (QED) is 0.710. The Kier molecular flexibility index (Phi) is 6.17. The number of nitrogens with one attached hydrogen (secondary N) is 1. The molecule has 0 aliphatic carbocycles. The third-order valence-corrected chi connectivity index (χ3v) is 4.03. The van der Waals surface area contributed by atoms with Gasteiger partial charge in [0.1, 0.15) is 0 Å². The highest BCUT2D eigenvalue weighted by Crippen LogP contribution is 2.20. The van der Waals surface area contributed by atoms with Crippen molar-refractivity contribution in [3.8, 4) is 0 Å². The number of hydrogen-bond acceptors (Lipinski definition) is 1. The molecule has 1 aromatic carbocycles. The molecular weight excluding hydrogens is 414 g/mol. The van der Waals surface area contributed by atoms with Crippen LogP contribution < -0.4 is 5.32 Å². The Morgan fingerprint density at radius 1 is 1.24 bits per heavy atom. The molecule has 0 bridgehead atoms. The molecule has 2 nitrogen and oxygen atoms in total. The predicted octanol–water partition coefficient (Wildman–Crippen LogP) is 4.36. The van der Waals surface area contributed by atoms with E-state index in [-0.39, 0.29) is 11.9 Å². The van der Waals surface area contributed by atoms with Gasteiger partial charge in [0.05, 0.1) is 0 Å². The van der Waals surface area contributed by atoms with Crippen LogP contribution in [0.25, 0.3) is 0 Å². The van der Waals surface area contributed by atoms with Crippen LogP contribution in [0.1, 0.15) is 24.2 Å². The maximum absolute atomic E-state index is 12.0. The van der Waals surface area contributed by atoms with Crippen molar-refractivity contribution in [1.82, 2.24) is 5.32 Å². The number of halogens is 3. The van der Waals surface area contributed by atoms with Gasteiger partial charge >= 0.3 is 0 Å². The number of amides is 1. The number of hydrogen-bond donors (Lipinski definition) is 1. The van der Waals surface area contributed by atoms with Gasteiger partial charge in [-0.05, 0) is 24.1 Å². The van der Waals surface area contributed by atoms with E-state index < -0.39 is 0 Å². The minimum absolute atomic E-state index is 0.0508. The molecule has 0 heterocycles. The predicted molar refractivity (Wildman–Crippen MR) is 81.7 cm³/mol. The first-order valence-corrected chi connectivity index (χ1v) is 7.97. The second-order valence-corrected chi connectivity index (χ2v) is 6.62. The van der Waals surface area contributed by atoms with E-state index >= 15 is 0 Å². The van der Waals surface area contributed by atoms with Crippen LogP contribution in [0.15, 0.2) is 27.1 Å². The number of alkyl halides is 1. The Morgan fingerprint density at radius 2 is 1.76 bits per heavy atom. The molecule has 17 heavy (non-hydrogen) atoms. The van der Waals surface area contributed by atoms with Gasteiger partial charge in [-0.25, -0.2) is 0 Å². The lowest BCUT2D eigenvalue weighted by molar-refractivity contribution is 0.0931. The second-order valence-electron chi connectivity index (χ2n) is 4.14. The van der Waals surface area contributed by atoms with Crippen LogP contribution in [-0.2, 0) is 0 Å². The molecule has 0 aliphatic heterocycles. The molecule has 0 spiro atoms. The second kappa shape index (κ2) is 6.90. The van der Waals surface area contributed by atoms with Crippen LogP contribution >= 0.6 is 47.8 Å². The summed E-state index contributed by atoms with van der Waals surface area (Å²) in [5.74, 6) is 0.346. The van der Waals surface area contributed by atoms with Crippen molar-refractivity contribution >= 4 is 53.7 Å². The van der Waals surface area contributed by atoms with E-state index in [1.54, 1.807) is 0 Å². The normalized spacial score (nSPS) is 12.6. The number of benzene rings is 1. The lowest BCUT2D eigenvalue weighted by atomic mass is 10.1.